The summed E-state index contributed by atoms with van der Waals surface area (Å²) in [4.78, 5) is 53.9. The Bertz CT molecular complexity index is 2870. The molecule has 0 unspecified atom stereocenters. The number of carboxylic acids is 1. The van der Waals surface area contributed by atoms with Crippen molar-refractivity contribution in [3.8, 4) is 0 Å². The third-order valence-electron chi connectivity index (χ3n) is 23.0. The van der Waals surface area contributed by atoms with Crippen LogP contribution in [0.15, 0.2) is 48.1 Å². The topological polar surface area (TPSA) is 413 Å². The first-order valence-corrected chi connectivity index (χ1v) is 31.9. The highest BCUT2D eigenvalue weighted by Crippen LogP contribution is 2.76. The average molecular weight is 1310 g/mol. The molecule has 0 spiro atoms. The summed E-state index contributed by atoms with van der Waals surface area (Å²) in [6.07, 6.45) is -29.7. The third-order valence-corrected chi connectivity index (χ3v) is 23.0. The van der Waals surface area contributed by atoms with Gasteiger partial charge in [0, 0.05) is 25.3 Å². The SMILES string of the molecule is CC(=O)O[C@@H]1C[C@]2(C)C(=CC[C@@H]3[C@@]4(C)CC[C@H](O[C@@H]5O[C@H](C(=O)O)[C@@H](O)[C@H](O[C@@H]6OC[C@H](O)[C@H](O)[C@H]6O[C@@H]6OC[C@@H](O)[C@H](O)[C@H]6O)[C@H]5O[C@@H]5O[C@H](CO)[C@H](O)[C@H](O)[C@H]5O)C(C)(C)[C@@H]4CC[C@]32C)[C@@H]2CC(C)(C)[C@@H](OC(=O)C=Cc3ccccc3)[C@H](OC(C)=O)[C@]12CO. The molecule has 29 atom stereocenters. The van der Waals surface area contributed by atoms with Gasteiger partial charge in [-0.15, -0.1) is 0 Å². The van der Waals surface area contributed by atoms with Gasteiger partial charge in [0.05, 0.1) is 37.9 Å². The molecule has 0 amide bonds. The van der Waals surface area contributed by atoms with Crippen molar-refractivity contribution in [1.29, 1.82) is 0 Å². The number of rotatable bonds is 16. The summed E-state index contributed by atoms with van der Waals surface area (Å²) in [5.74, 6) is -4.44. The Morgan fingerprint density at radius 2 is 1.24 bits per heavy atom. The molecule has 516 valence electrons. The Labute approximate surface area is 533 Å². The van der Waals surface area contributed by atoms with E-state index in [0.717, 1.165) is 11.1 Å². The second kappa shape index (κ2) is 26.7. The van der Waals surface area contributed by atoms with Crippen molar-refractivity contribution >= 4 is 30.0 Å². The number of aliphatic hydroxyl groups is 11. The van der Waals surface area contributed by atoms with Crippen LogP contribution in [0, 0.1) is 50.2 Å². The zero-order valence-electron chi connectivity index (χ0n) is 53.3. The maximum Gasteiger partial charge on any atom is 0.335 e. The van der Waals surface area contributed by atoms with Gasteiger partial charge in [-0.1, -0.05) is 90.4 Å². The van der Waals surface area contributed by atoms with E-state index in [0.29, 0.717) is 38.5 Å². The van der Waals surface area contributed by atoms with Crippen LogP contribution in [0.25, 0.3) is 6.08 Å². The maximum absolute atomic E-state index is 13.8. The number of esters is 3. The summed E-state index contributed by atoms with van der Waals surface area (Å²) in [5, 5.41) is 132. The highest BCUT2D eigenvalue weighted by Gasteiger charge is 2.75. The smallest absolute Gasteiger partial charge is 0.335 e. The average Bonchev–Trinajstić information content (AvgIpc) is 0.668. The number of allylic oxidation sites excluding steroid dienone is 2. The molecule has 1 aromatic rings. The number of carbonyl (C=O) groups is 4. The first-order chi connectivity index (χ1) is 43.2. The van der Waals surface area contributed by atoms with Gasteiger partial charge >= 0.3 is 23.9 Å². The van der Waals surface area contributed by atoms with Crippen LogP contribution in [0.2, 0.25) is 0 Å². The molecule has 0 radical (unpaired) electrons. The van der Waals surface area contributed by atoms with Gasteiger partial charge in [0.1, 0.15) is 91.6 Å². The summed E-state index contributed by atoms with van der Waals surface area (Å²) in [6.45, 7) is 14.6. The van der Waals surface area contributed by atoms with E-state index in [9.17, 15) is 80.5 Å². The molecule has 1 aromatic carbocycles. The van der Waals surface area contributed by atoms with Crippen LogP contribution >= 0.6 is 0 Å². The van der Waals surface area contributed by atoms with Gasteiger partial charge in [-0.3, -0.25) is 9.59 Å². The lowest BCUT2D eigenvalue weighted by Gasteiger charge is -2.72. The fraction of sp³-hybridized carbons (Fsp3) is 0.785. The molecule has 9 aliphatic rings. The van der Waals surface area contributed by atoms with Crippen molar-refractivity contribution in [2.45, 2.75) is 242 Å². The molecule has 0 aromatic heterocycles. The monoisotopic (exact) mass is 1310 g/mol. The molecule has 5 aliphatic carbocycles. The molecule has 92 heavy (non-hydrogen) atoms. The fourth-order valence-corrected chi connectivity index (χ4v) is 18.0. The molecule has 27 nitrogen and oxygen atoms in total. The number of benzene rings is 1. The third kappa shape index (κ3) is 12.3. The molecule has 8 fully saturated rings. The van der Waals surface area contributed by atoms with Crippen molar-refractivity contribution in [2.24, 2.45) is 50.2 Å². The Hall–Kier alpha value is -4.18. The maximum atomic E-state index is 13.8. The van der Waals surface area contributed by atoms with E-state index in [4.69, 9.17) is 52.1 Å². The van der Waals surface area contributed by atoms with E-state index in [2.05, 4.69) is 26.8 Å². The van der Waals surface area contributed by atoms with Crippen LogP contribution in [0.3, 0.4) is 0 Å². The highest BCUT2D eigenvalue weighted by atomic mass is 16.8. The van der Waals surface area contributed by atoms with Crippen LogP contribution in [-0.2, 0) is 71.3 Å². The van der Waals surface area contributed by atoms with E-state index < -0.39 is 224 Å². The van der Waals surface area contributed by atoms with Crippen molar-refractivity contribution < 1.29 is 133 Å². The summed E-state index contributed by atoms with van der Waals surface area (Å²) >= 11 is 0. The van der Waals surface area contributed by atoms with Gasteiger partial charge in [-0.25, -0.2) is 9.59 Å². The van der Waals surface area contributed by atoms with E-state index in [1.54, 1.807) is 6.08 Å². The van der Waals surface area contributed by atoms with E-state index in [1.165, 1.54) is 19.9 Å². The Kier molecular flexibility index (Phi) is 20.5. The summed E-state index contributed by atoms with van der Waals surface area (Å²) in [6, 6.07) is 9.17. The highest BCUT2D eigenvalue weighted by molar-refractivity contribution is 5.87. The van der Waals surface area contributed by atoms with Gasteiger partial charge in [0.2, 0.25) is 0 Å². The Morgan fingerprint density at radius 1 is 0.609 bits per heavy atom. The predicted molar refractivity (Wildman–Crippen MR) is 314 cm³/mol. The zero-order chi connectivity index (χ0) is 67.1. The number of ether oxygens (including phenoxy) is 11. The molecule has 0 bridgehead atoms. The van der Waals surface area contributed by atoms with Crippen LogP contribution in [-0.4, -0.2) is 247 Å². The first kappa shape index (κ1) is 70.6. The number of hydrogen-bond acceptors (Lipinski definition) is 26. The van der Waals surface area contributed by atoms with Gasteiger partial charge in [-0.2, -0.15) is 0 Å². The quantitative estimate of drug-likeness (QED) is 0.0344. The molecule has 4 aliphatic heterocycles. The van der Waals surface area contributed by atoms with Crippen LogP contribution in [0.1, 0.15) is 113 Å². The molecule has 12 N–H and O–H groups in total. The number of fused-ring (bicyclic) bond motifs is 7. The minimum absolute atomic E-state index is 0.0567. The number of carboxylic acid groups (broad SMARTS) is 1. The summed E-state index contributed by atoms with van der Waals surface area (Å²) in [5.41, 5.74) is -3.11. The summed E-state index contributed by atoms with van der Waals surface area (Å²) in [7, 11) is 0. The van der Waals surface area contributed by atoms with E-state index >= 15 is 0 Å². The zero-order valence-corrected chi connectivity index (χ0v) is 53.3. The van der Waals surface area contributed by atoms with Gasteiger partial charge in [0.25, 0.3) is 0 Å². The lowest BCUT2D eigenvalue weighted by molar-refractivity contribution is -0.399. The lowest BCUT2D eigenvalue weighted by atomic mass is 9.33. The molecule has 4 heterocycles. The van der Waals surface area contributed by atoms with Crippen molar-refractivity contribution in [2.75, 3.05) is 26.4 Å². The minimum atomic E-state index is -2.23. The van der Waals surface area contributed by atoms with Gasteiger partial charge < -0.3 is 113 Å². The molecular weight excluding hydrogens is 1210 g/mol. The van der Waals surface area contributed by atoms with E-state index in [-0.39, 0.29) is 18.3 Å². The normalized spacial score (nSPS) is 47.3. The Balaban J connectivity index is 0.970. The lowest BCUT2D eigenvalue weighted by Crippen LogP contribution is -2.73. The van der Waals surface area contributed by atoms with Gasteiger partial charge in [-0.05, 0) is 96.0 Å². The van der Waals surface area contributed by atoms with Crippen LogP contribution in [0.5, 0.6) is 0 Å². The molecule has 10 rings (SSSR count). The molecule has 27 heteroatoms. The summed E-state index contributed by atoms with van der Waals surface area (Å²) < 4.78 is 67.8. The van der Waals surface area contributed by atoms with Crippen molar-refractivity contribution in [3.05, 3.63) is 53.6 Å². The van der Waals surface area contributed by atoms with Crippen molar-refractivity contribution in [3.63, 3.8) is 0 Å². The number of aliphatic hydroxyl groups excluding tert-OH is 11. The second-order valence-corrected chi connectivity index (χ2v) is 29.0. The van der Waals surface area contributed by atoms with Crippen molar-refractivity contribution in [1.82, 2.24) is 0 Å². The predicted octanol–water partition coefficient (Wildman–Crippen LogP) is 0.127. The molecule has 4 saturated heterocycles. The van der Waals surface area contributed by atoms with Crippen LogP contribution in [0.4, 0.5) is 0 Å². The minimum Gasteiger partial charge on any atom is -0.479 e. The number of carbonyl (C=O) groups excluding carboxylic acids is 3. The second-order valence-electron chi connectivity index (χ2n) is 29.0. The molecule has 4 saturated carbocycles. The van der Waals surface area contributed by atoms with Crippen LogP contribution < -0.4 is 0 Å². The first-order valence-electron chi connectivity index (χ1n) is 31.9. The van der Waals surface area contributed by atoms with E-state index in [1.807, 2.05) is 58.0 Å². The largest absolute Gasteiger partial charge is 0.479 e. The van der Waals surface area contributed by atoms with Gasteiger partial charge in [0.15, 0.2) is 37.4 Å². The number of aliphatic carboxylic acids is 1. The molecular formula is C65H94O27. The Morgan fingerprint density at radius 3 is 1.88 bits per heavy atom. The fourth-order valence-electron chi connectivity index (χ4n) is 18.0. The standard InChI is InChI=1S/C65H94O27/c1-29(68)84-40-24-64(9)32(33-23-60(3,4)53(54(85-30(2)69)65(33,40)28-67)88-41(72)18-15-31-13-11-10-12-14-31)16-17-38-62(7)21-20-39(61(5,6)37(62)19-22-63(38,64)8)87-59-52(92-57-47(78)45(76)44(75)36(25-66)86-57)49(48(79)50(90-59)55(80)81)89-58-51(43(74)35(71)27-83-58)91-56-46(77)42(73)34(70)26-82-56/h10-16,18,33-40,42-54,56-59,66-67,70-71,73-79H,17,19-28H2,1-9H3,(H,80,81)/t33-,34+,35-,36+,37-,38+,39-,40+,42-,43-,44-,45-,46+,47+,48-,49-,50-,51+,52+,53-,54-,56-,57-,58-,59+,62-,63+,64+,65-/m0/s1. The number of hydrogen-bond donors (Lipinski definition) is 12.